The Morgan fingerprint density at radius 1 is 1.00 bits per heavy atom. The maximum Gasteiger partial charge on any atom is 0.433 e. The lowest BCUT2D eigenvalue weighted by atomic mass is 10.1. The van der Waals surface area contributed by atoms with Crippen LogP contribution in [0.4, 0.5) is 19.1 Å². The first-order valence-corrected chi connectivity index (χ1v) is 10.1. The number of alkyl halides is 3. The molecule has 4 rings (SSSR count). The summed E-state index contributed by atoms with van der Waals surface area (Å²) in [6.45, 7) is 8.40. The molecule has 2 aliphatic rings. The van der Waals surface area contributed by atoms with E-state index in [-0.39, 0.29) is 5.95 Å². The summed E-state index contributed by atoms with van der Waals surface area (Å²) in [7, 11) is 0. The molecule has 2 fully saturated rings. The van der Waals surface area contributed by atoms with Crippen molar-refractivity contribution in [1.29, 1.82) is 0 Å². The third-order valence-corrected chi connectivity index (χ3v) is 5.83. The molecule has 0 unspecified atom stereocenters. The van der Waals surface area contributed by atoms with Gasteiger partial charge in [-0.3, -0.25) is 9.80 Å². The zero-order valence-electron chi connectivity index (χ0n) is 16.6. The zero-order chi connectivity index (χ0) is 20.4. The topological polar surface area (TPSA) is 35.5 Å². The van der Waals surface area contributed by atoms with E-state index in [0.717, 1.165) is 45.2 Å². The van der Waals surface area contributed by atoms with Crippen molar-refractivity contribution >= 4 is 5.95 Å². The Morgan fingerprint density at radius 2 is 1.72 bits per heavy atom. The number of aryl methyl sites for hydroxylation is 1. The number of nitrogens with zero attached hydrogens (tertiary/aromatic N) is 5. The fraction of sp³-hybridized carbons (Fsp3) is 0.524. The molecule has 1 atom stereocenters. The molecule has 5 nitrogen and oxygen atoms in total. The zero-order valence-corrected chi connectivity index (χ0v) is 16.6. The molecule has 0 amide bonds. The Labute approximate surface area is 169 Å². The van der Waals surface area contributed by atoms with Gasteiger partial charge in [0.2, 0.25) is 5.95 Å². The van der Waals surface area contributed by atoms with E-state index in [4.69, 9.17) is 0 Å². The predicted molar refractivity (Wildman–Crippen MR) is 106 cm³/mol. The number of piperazine rings is 1. The van der Waals surface area contributed by atoms with Crippen LogP contribution in [-0.2, 0) is 12.7 Å². The normalized spacial score (nSPS) is 21.7. The van der Waals surface area contributed by atoms with Gasteiger partial charge in [0.05, 0.1) is 0 Å². The van der Waals surface area contributed by atoms with Crippen molar-refractivity contribution in [2.45, 2.75) is 32.1 Å². The van der Waals surface area contributed by atoms with E-state index >= 15 is 0 Å². The second kappa shape index (κ2) is 8.28. The monoisotopic (exact) mass is 405 g/mol. The van der Waals surface area contributed by atoms with Crippen molar-refractivity contribution in [3.8, 4) is 0 Å². The van der Waals surface area contributed by atoms with Crippen molar-refractivity contribution in [2.75, 3.05) is 44.2 Å². The Balaban J connectivity index is 1.30. The predicted octanol–water partition coefficient (Wildman–Crippen LogP) is 3.20. The van der Waals surface area contributed by atoms with Gasteiger partial charge in [-0.25, -0.2) is 9.97 Å². The van der Waals surface area contributed by atoms with Crippen molar-refractivity contribution < 1.29 is 13.2 Å². The molecule has 0 saturated carbocycles. The molecule has 0 N–H and O–H groups in total. The fourth-order valence-corrected chi connectivity index (χ4v) is 4.12. The summed E-state index contributed by atoms with van der Waals surface area (Å²) < 4.78 is 38.7. The van der Waals surface area contributed by atoms with E-state index in [9.17, 15) is 13.2 Å². The van der Waals surface area contributed by atoms with Crippen molar-refractivity contribution in [2.24, 2.45) is 0 Å². The minimum Gasteiger partial charge on any atom is -0.339 e. The highest BCUT2D eigenvalue weighted by molar-refractivity contribution is 5.33. The molecule has 0 aliphatic carbocycles. The number of hydrogen-bond donors (Lipinski definition) is 0. The SMILES string of the molecule is Cc1ccc(CN2CCN([C@H]3CCN(c4nccc(C(F)(F)F)n4)C3)CC2)cc1. The first-order valence-electron chi connectivity index (χ1n) is 10.1. The van der Waals surface area contributed by atoms with Gasteiger partial charge in [-0.1, -0.05) is 29.8 Å². The summed E-state index contributed by atoms with van der Waals surface area (Å²) >= 11 is 0. The van der Waals surface area contributed by atoms with Gasteiger partial charge in [0.15, 0.2) is 0 Å². The number of hydrogen-bond acceptors (Lipinski definition) is 5. The lowest BCUT2D eigenvalue weighted by Crippen LogP contribution is -2.50. The summed E-state index contributed by atoms with van der Waals surface area (Å²) in [6, 6.07) is 9.93. The van der Waals surface area contributed by atoms with Gasteiger partial charge in [-0.2, -0.15) is 13.2 Å². The molecule has 2 aliphatic heterocycles. The molecule has 8 heteroatoms. The lowest BCUT2D eigenvalue weighted by molar-refractivity contribution is -0.141. The van der Waals surface area contributed by atoms with Gasteiger partial charge in [0, 0.05) is 58.1 Å². The third kappa shape index (κ3) is 4.87. The largest absolute Gasteiger partial charge is 0.433 e. The standard InChI is InChI=1S/C21H26F3N5/c1-16-2-4-17(5-3-16)14-27-10-12-28(13-11-27)18-7-9-29(15-18)20-25-8-6-19(26-20)21(22,23)24/h2-6,8,18H,7,9-15H2,1H3/t18-/m0/s1. The number of benzene rings is 1. The van der Waals surface area contributed by atoms with Crippen LogP contribution in [0.1, 0.15) is 23.2 Å². The highest BCUT2D eigenvalue weighted by Gasteiger charge is 2.35. The summed E-state index contributed by atoms with van der Waals surface area (Å²) in [5.41, 5.74) is 1.72. The fourth-order valence-electron chi connectivity index (χ4n) is 4.12. The number of rotatable bonds is 4. The van der Waals surface area contributed by atoms with Gasteiger partial charge in [0.25, 0.3) is 0 Å². The summed E-state index contributed by atoms with van der Waals surface area (Å²) in [5, 5.41) is 0. The van der Waals surface area contributed by atoms with Gasteiger partial charge in [-0.05, 0) is 25.0 Å². The molecule has 1 aromatic heterocycles. The van der Waals surface area contributed by atoms with E-state index in [1.165, 1.54) is 17.3 Å². The average molecular weight is 405 g/mol. The highest BCUT2D eigenvalue weighted by atomic mass is 19.4. The van der Waals surface area contributed by atoms with Crippen LogP contribution in [-0.4, -0.2) is 65.1 Å². The van der Waals surface area contributed by atoms with Crippen LogP contribution in [0.5, 0.6) is 0 Å². The van der Waals surface area contributed by atoms with Gasteiger partial charge in [0.1, 0.15) is 5.69 Å². The molecule has 2 saturated heterocycles. The first-order chi connectivity index (χ1) is 13.9. The number of aromatic nitrogens is 2. The Bertz CT molecular complexity index is 816. The van der Waals surface area contributed by atoms with Gasteiger partial charge in [-0.15, -0.1) is 0 Å². The van der Waals surface area contributed by atoms with Crippen molar-refractivity contribution in [1.82, 2.24) is 19.8 Å². The second-order valence-corrected chi connectivity index (χ2v) is 7.93. The minimum absolute atomic E-state index is 0.181. The van der Waals surface area contributed by atoms with Crippen molar-refractivity contribution in [3.63, 3.8) is 0 Å². The summed E-state index contributed by atoms with van der Waals surface area (Å²) in [4.78, 5) is 14.6. The number of halogens is 3. The van der Waals surface area contributed by atoms with Crippen LogP contribution in [0.3, 0.4) is 0 Å². The van der Waals surface area contributed by atoms with E-state index in [0.29, 0.717) is 19.1 Å². The van der Waals surface area contributed by atoms with Crippen LogP contribution in [0.2, 0.25) is 0 Å². The van der Waals surface area contributed by atoms with Crippen LogP contribution >= 0.6 is 0 Å². The molecule has 0 bridgehead atoms. The molecule has 29 heavy (non-hydrogen) atoms. The lowest BCUT2D eigenvalue weighted by Gasteiger charge is -2.38. The van der Waals surface area contributed by atoms with Crippen molar-refractivity contribution in [3.05, 3.63) is 53.3 Å². The van der Waals surface area contributed by atoms with Crippen LogP contribution in [0, 0.1) is 6.92 Å². The maximum atomic E-state index is 12.9. The molecule has 1 aromatic carbocycles. The smallest absolute Gasteiger partial charge is 0.339 e. The summed E-state index contributed by atoms with van der Waals surface area (Å²) in [5.74, 6) is 0.181. The van der Waals surface area contributed by atoms with E-state index in [2.05, 4.69) is 51.0 Å². The Kier molecular flexibility index (Phi) is 5.74. The highest BCUT2D eigenvalue weighted by Crippen LogP contribution is 2.29. The average Bonchev–Trinajstić information content (AvgIpc) is 3.20. The van der Waals surface area contributed by atoms with E-state index in [1.54, 1.807) is 0 Å². The molecule has 0 radical (unpaired) electrons. The Morgan fingerprint density at radius 3 is 2.41 bits per heavy atom. The molecule has 3 heterocycles. The molecule has 0 spiro atoms. The molecular formula is C21H26F3N5. The molecule has 2 aromatic rings. The molecule has 156 valence electrons. The maximum absolute atomic E-state index is 12.9. The van der Waals surface area contributed by atoms with E-state index in [1.807, 2.05) is 4.90 Å². The quantitative estimate of drug-likeness (QED) is 0.781. The Hall–Kier alpha value is -2.19. The van der Waals surface area contributed by atoms with Crippen LogP contribution < -0.4 is 4.90 Å². The molecular weight excluding hydrogens is 379 g/mol. The summed E-state index contributed by atoms with van der Waals surface area (Å²) in [6.07, 6.45) is -2.31. The number of anilines is 1. The van der Waals surface area contributed by atoms with Crippen LogP contribution in [0.15, 0.2) is 36.5 Å². The van der Waals surface area contributed by atoms with Gasteiger partial charge >= 0.3 is 6.18 Å². The first kappa shape index (κ1) is 20.1. The van der Waals surface area contributed by atoms with E-state index < -0.39 is 11.9 Å². The minimum atomic E-state index is -4.44. The third-order valence-electron chi connectivity index (χ3n) is 5.83. The van der Waals surface area contributed by atoms with Crippen LogP contribution in [0.25, 0.3) is 0 Å². The second-order valence-electron chi connectivity index (χ2n) is 7.93. The van der Waals surface area contributed by atoms with Gasteiger partial charge < -0.3 is 4.90 Å².